The summed E-state index contributed by atoms with van der Waals surface area (Å²) in [6, 6.07) is 26.3. The van der Waals surface area contributed by atoms with Gasteiger partial charge in [-0.1, -0.05) is 72.8 Å². The van der Waals surface area contributed by atoms with Crippen LogP contribution in [-0.4, -0.2) is 23.1 Å². The molecule has 0 saturated carbocycles. The smallest absolute Gasteiger partial charge is 0.235 e. The number of hydrogen-bond acceptors (Lipinski definition) is 2. The van der Waals surface area contributed by atoms with Crippen LogP contribution in [0.3, 0.4) is 0 Å². The first-order valence-corrected chi connectivity index (χ1v) is 10.1. The quantitative estimate of drug-likeness (QED) is 0.620. The molecule has 4 rings (SSSR count). The van der Waals surface area contributed by atoms with Crippen LogP contribution in [0.5, 0.6) is 0 Å². The topological polar surface area (TPSA) is 20.3 Å². The lowest BCUT2D eigenvalue weighted by molar-refractivity contribution is -0.132. The first-order valence-electron chi connectivity index (χ1n) is 9.01. The molecule has 0 unspecified atom stereocenters. The van der Waals surface area contributed by atoms with Gasteiger partial charge in [0.15, 0.2) is 0 Å². The summed E-state index contributed by atoms with van der Waals surface area (Å²) in [4.78, 5) is 15.6. The van der Waals surface area contributed by atoms with Crippen LogP contribution in [0.15, 0.2) is 84.9 Å². The molecule has 1 atom stereocenters. The van der Waals surface area contributed by atoms with Crippen molar-refractivity contribution >= 4 is 17.7 Å². The largest absolute Gasteiger partial charge is 0.325 e. The third-order valence-corrected chi connectivity index (χ3v) is 6.10. The van der Waals surface area contributed by atoms with Gasteiger partial charge in [-0.05, 0) is 28.8 Å². The highest BCUT2D eigenvalue weighted by atomic mass is 32.2. The van der Waals surface area contributed by atoms with E-state index in [1.807, 2.05) is 65.6 Å². The highest BCUT2D eigenvalue weighted by Gasteiger charge is 2.35. The Balaban J connectivity index is 1.69. The van der Waals surface area contributed by atoms with Crippen LogP contribution in [0.2, 0.25) is 0 Å². The van der Waals surface area contributed by atoms with E-state index in [1.165, 1.54) is 12.1 Å². The van der Waals surface area contributed by atoms with Crippen LogP contribution in [-0.2, 0) is 4.79 Å². The fraction of sp³-hybridized carbons (Fsp3) is 0.174. The van der Waals surface area contributed by atoms with Crippen molar-refractivity contribution in [2.24, 2.45) is 0 Å². The van der Waals surface area contributed by atoms with Crippen molar-refractivity contribution in [1.29, 1.82) is 0 Å². The Morgan fingerprint density at radius 2 is 1.44 bits per heavy atom. The second kappa shape index (κ2) is 7.97. The van der Waals surface area contributed by atoms with Gasteiger partial charge >= 0.3 is 0 Å². The molecule has 3 aromatic carbocycles. The normalized spacial score (nSPS) is 16.7. The molecule has 1 heterocycles. The van der Waals surface area contributed by atoms with Gasteiger partial charge in [-0.15, -0.1) is 11.8 Å². The number of thioether (sulfide) groups is 1. The fourth-order valence-electron chi connectivity index (χ4n) is 3.53. The predicted molar refractivity (Wildman–Crippen MR) is 108 cm³/mol. The molecule has 1 saturated heterocycles. The number of carbonyl (C=O) groups is 1. The van der Waals surface area contributed by atoms with Gasteiger partial charge in [-0.25, -0.2) is 4.39 Å². The summed E-state index contributed by atoms with van der Waals surface area (Å²) in [7, 11) is 0. The van der Waals surface area contributed by atoms with E-state index in [0.29, 0.717) is 6.54 Å². The van der Waals surface area contributed by atoms with Crippen molar-refractivity contribution in [3.8, 4) is 0 Å². The minimum Gasteiger partial charge on any atom is -0.325 e. The average molecular weight is 377 g/mol. The highest BCUT2D eigenvalue weighted by Crippen LogP contribution is 2.40. The summed E-state index contributed by atoms with van der Waals surface area (Å²) >= 11 is 1.73. The van der Waals surface area contributed by atoms with Crippen LogP contribution < -0.4 is 0 Å². The third kappa shape index (κ3) is 3.76. The molecule has 4 heteroatoms. The number of halogens is 1. The highest BCUT2D eigenvalue weighted by molar-refractivity contribution is 7.99. The molecule has 0 spiro atoms. The third-order valence-electron chi connectivity index (χ3n) is 4.84. The molecule has 1 aliphatic heterocycles. The molecular formula is C23H20FNOS. The molecule has 0 N–H and O–H groups in total. The van der Waals surface area contributed by atoms with Crippen LogP contribution in [0.1, 0.15) is 28.0 Å². The molecule has 0 aliphatic carbocycles. The lowest BCUT2D eigenvalue weighted by Crippen LogP contribution is -2.35. The number of carbonyl (C=O) groups excluding carboxylic acids is 1. The van der Waals surface area contributed by atoms with E-state index in [4.69, 9.17) is 0 Å². The van der Waals surface area contributed by atoms with Gasteiger partial charge in [0.1, 0.15) is 11.2 Å². The lowest BCUT2D eigenvalue weighted by Gasteiger charge is -2.29. The molecule has 1 aliphatic rings. The molecule has 1 amide bonds. The molecule has 2 nitrogen and oxygen atoms in total. The van der Waals surface area contributed by atoms with Crippen LogP contribution in [0.4, 0.5) is 4.39 Å². The van der Waals surface area contributed by atoms with Crippen LogP contribution in [0.25, 0.3) is 0 Å². The first kappa shape index (κ1) is 17.8. The standard InChI is InChI=1S/C23H20FNOS/c24-20-13-11-19(12-14-20)23-25(15-16-27-23)22(26)21(17-7-3-1-4-8-17)18-9-5-2-6-10-18/h1-14,21,23H,15-16H2/t23-/m1/s1. The summed E-state index contributed by atoms with van der Waals surface area (Å²) in [5.74, 6) is 0.371. The summed E-state index contributed by atoms with van der Waals surface area (Å²) in [5, 5.41) is -0.0759. The van der Waals surface area contributed by atoms with Crippen molar-refractivity contribution in [2.75, 3.05) is 12.3 Å². The fourth-order valence-corrected chi connectivity index (χ4v) is 4.80. The molecule has 0 radical (unpaired) electrons. The van der Waals surface area contributed by atoms with E-state index in [9.17, 15) is 9.18 Å². The number of benzene rings is 3. The molecule has 1 fully saturated rings. The monoisotopic (exact) mass is 377 g/mol. The minimum absolute atomic E-state index is 0.0759. The van der Waals surface area contributed by atoms with E-state index >= 15 is 0 Å². The zero-order valence-electron chi connectivity index (χ0n) is 14.8. The summed E-state index contributed by atoms with van der Waals surface area (Å²) in [5.41, 5.74) is 2.94. The maximum absolute atomic E-state index is 13.6. The lowest BCUT2D eigenvalue weighted by atomic mass is 9.90. The van der Waals surface area contributed by atoms with Crippen molar-refractivity contribution in [2.45, 2.75) is 11.3 Å². The molecule has 27 heavy (non-hydrogen) atoms. The Morgan fingerprint density at radius 1 is 0.889 bits per heavy atom. The Bertz CT molecular complexity index is 859. The summed E-state index contributed by atoms with van der Waals surface area (Å²) in [6.07, 6.45) is 0. The van der Waals surface area contributed by atoms with E-state index in [0.717, 1.165) is 22.4 Å². The number of nitrogens with zero attached hydrogens (tertiary/aromatic N) is 1. The van der Waals surface area contributed by atoms with Crippen LogP contribution in [0, 0.1) is 5.82 Å². The van der Waals surface area contributed by atoms with Crippen molar-refractivity contribution in [1.82, 2.24) is 4.90 Å². The maximum atomic E-state index is 13.6. The Morgan fingerprint density at radius 3 is 2.00 bits per heavy atom. The second-order valence-corrected chi connectivity index (χ2v) is 7.75. The average Bonchev–Trinajstić information content (AvgIpc) is 3.20. The van der Waals surface area contributed by atoms with Gasteiger partial charge in [0.25, 0.3) is 0 Å². The van der Waals surface area contributed by atoms with E-state index in [1.54, 1.807) is 23.9 Å². The van der Waals surface area contributed by atoms with E-state index < -0.39 is 0 Å². The van der Waals surface area contributed by atoms with Gasteiger partial charge < -0.3 is 4.90 Å². The van der Waals surface area contributed by atoms with Crippen molar-refractivity contribution < 1.29 is 9.18 Å². The van der Waals surface area contributed by atoms with E-state index in [-0.39, 0.29) is 23.0 Å². The first-order chi connectivity index (χ1) is 13.2. The Kier molecular flexibility index (Phi) is 5.26. The molecule has 136 valence electrons. The van der Waals surface area contributed by atoms with Crippen molar-refractivity contribution in [3.63, 3.8) is 0 Å². The van der Waals surface area contributed by atoms with Gasteiger partial charge in [0.05, 0.1) is 5.92 Å². The molecule has 3 aromatic rings. The number of rotatable bonds is 4. The molecular weight excluding hydrogens is 357 g/mol. The van der Waals surface area contributed by atoms with E-state index in [2.05, 4.69) is 0 Å². The number of amides is 1. The van der Waals surface area contributed by atoms with Gasteiger partial charge in [-0.3, -0.25) is 4.79 Å². The van der Waals surface area contributed by atoms with Crippen molar-refractivity contribution in [3.05, 3.63) is 107 Å². The number of hydrogen-bond donors (Lipinski definition) is 0. The maximum Gasteiger partial charge on any atom is 0.235 e. The minimum atomic E-state index is -0.339. The van der Waals surface area contributed by atoms with Gasteiger partial charge in [-0.2, -0.15) is 0 Å². The van der Waals surface area contributed by atoms with Crippen LogP contribution >= 0.6 is 11.8 Å². The second-order valence-electron chi connectivity index (χ2n) is 6.56. The van der Waals surface area contributed by atoms with Gasteiger partial charge in [0.2, 0.25) is 5.91 Å². The molecule has 0 bridgehead atoms. The molecule has 0 aromatic heterocycles. The zero-order valence-corrected chi connectivity index (χ0v) is 15.6. The summed E-state index contributed by atoms with van der Waals surface area (Å²) in [6.45, 7) is 0.696. The Labute approximate surface area is 163 Å². The van der Waals surface area contributed by atoms with Gasteiger partial charge in [0, 0.05) is 12.3 Å². The zero-order chi connectivity index (χ0) is 18.6. The summed E-state index contributed by atoms with van der Waals surface area (Å²) < 4.78 is 13.3. The Hall–Kier alpha value is -2.59. The SMILES string of the molecule is O=C(C(c1ccccc1)c1ccccc1)N1CCS[C@@H]1c1ccc(F)cc1. The predicted octanol–water partition coefficient (Wildman–Crippen LogP) is 5.23.